The van der Waals surface area contributed by atoms with E-state index in [2.05, 4.69) is 5.10 Å². The highest BCUT2D eigenvalue weighted by Crippen LogP contribution is 2.31. The molecule has 0 aliphatic heterocycles. The Morgan fingerprint density at radius 1 is 1.48 bits per heavy atom. The van der Waals surface area contributed by atoms with Crippen molar-refractivity contribution in [1.82, 2.24) is 9.78 Å². The molecule has 0 radical (unpaired) electrons. The molecular formula is C13H14ClFN4O2. The highest BCUT2D eigenvalue weighted by molar-refractivity contribution is 6.32. The summed E-state index contributed by atoms with van der Waals surface area (Å²) in [6.45, 7) is 0. The molecule has 112 valence electrons. The number of benzene rings is 1. The minimum absolute atomic E-state index is 0.0186. The Labute approximate surface area is 125 Å². The zero-order chi connectivity index (χ0) is 15.7. The van der Waals surface area contributed by atoms with Crippen LogP contribution in [0.4, 0.5) is 16.0 Å². The lowest BCUT2D eigenvalue weighted by atomic mass is 10.2. The number of rotatable bonds is 3. The number of anilines is 2. The van der Waals surface area contributed by atoms with E-state index in [1.165, 1.54) is 25.3 Å². The molecule has 2 rings (SSSR count). The molecule has 1 heterocycles. The fourth-order valence-electron chi connectivity index (χ4n) is 1.89. The van der Waals surface area contributed by atoms with Gasteiger partial charge in [0.1, 0.15) is 22.9 Å². The van der Waals surface area contributed by atoms with Gasteiger partial charge in [0.05, 0.1) is 12.1 Å². The third-order valence-electron chi connectivity index (χ3n) is 2.87. The van der Waals surface area contributed by atoms with Crippen LogP contribution in [0.1, 0.15) is 10.4 Å². The monoisotopic (exact) mass is 312 g/mol. The first-order valence-electron chi connectivity index (χ1n) is 5.97. The van der Waals surface area contributed by atoms with Gasteiger partial charge < -0.3 is 15.4 Å². The summed E-state index contributed by atoms with van der Waals surface area (Å²) in [6.07, 6.45) is 0. The number of esters is 1. The average Bonchev–Trinajstić information content (AvgIpc) is 2.76. The van der Waals surface area contributed by atoms with Gasteiger partial charge in [-0.3, -0.25) is 0 Å². The second kappa shape index (κ2) is 5.61. The van der Waals surface area contributed by atoms with Crippen LogP contribution in [0.25, 0.3) is 5.69 Å². The highest BCUT2D eigenvalue weighted by Gasteiger charge is 2.26. The van der Waals surface area contributed by atoms with Gasteiger partial charge in [-0.05, 0) is 12.1 Å². The zero-order valence-electron chi connectivity index (χ0n) is 11.7. The van der Waals surface area contributed by atoms with Crippen molar-refractivity contribution in [3.8, 4) is 5.69 Å². The second-order valence-corrected chi connectivity index (χ2v) is 4.86. The van der Waals surface area contributed by atoms with Gasteiger partial charge in [0.15, 0.2) is 5.82 Å². The van der Waals surface area contributed by atoms with E-state index >= 15 is 0 Å². The van der Waals surface area contributed by atoms with Crippen LogP contribution in [0.3, 0.4) is 0 Å². The molecule has 0 spiro atoms. The number of aromatic nitrogens is 2. The number of nitrogens with two attached hydrogens (primary N) is 1. The molecule has 2 N–H and O–H groups in total. The Kier molecular flexibility index (Phi) is 4.04. The van der Waals surface area contributed by atoms with E-state index in [4.69, 9.17) is 22.1 Å². The van der Waals surface area contributed by atoms with Crippen LogP contribution in [0, 0.1) is 5.82 Å². The summed E-state index contributed by atoms with van der Waals surface area (Å²) in [5.74, 6) is -1.04. The Bertz CT molecular complexity index is 679. The Morgan fingerprint density at radius 2 is 2.14 bits per heavy atom. The third-order valence-corrected chi connectivity index (χ3v) is 3.17. The fraction of sp³-hybridized carbons (Fsp3) is 0.231. The molecule has 0 bridgehead atoms. The van der Waals surface area contributed by atoms with Gasteiger partial charge in [-0.25, -0.2) is 13.9 Å². The van der Waals surface area contributed by atoms with Crippen molar-refractivity contribution in [3.05, 3.63) is 34.6 Å². The van der Waals surface area contributed by atoms with Crippen molar-refractivity contribution in [2.45, 2.75) is 0 Å². The zero-order valence-corrected chi connectivity index (χ0v) is 12.5. The lowest BCUT2D eigenvalue weighted by Gasteiger charge is -2.09. The maximum Gasteiger partial charge on any atom is 0.345 e. The highest BCUT2D eigenvalue weighted by atomic mass is 35.5. The molecule has 0 atom stereocenters. The van der Waals surface area contributed by atoms with Crippen LogP contribution in [0.2, 0.25) is 5.02 Å². The maximum absolute atomic E-state index is 14.0. The molecule has 1 aromatic carbocycles. The van der Waals surface area contributed by atoms with Crippen molar-refractivity contribution in [2.24, 2.45) is 0 Å². The molecule has 0 aliphatic carbocycles. The number of hydrogen-bond donors (Lipinski definition) is 1. The van der Waals surface area contributed by atoms with Gasteiger partial charge in [-0.2, -0.15) is 0 Å². The van der Waals surface area contributed by atoms with E-state index in [0.29, 0.717) is 0 Å². The third kappa shape index (κ3) is 2.52. The van der Waals surface area contributed by atoms with Gasteiger partial charge >= 0.3 is 5.97 Å². The van der Waals surface area contributed by atoms with Crippen molar-refractivity contribution in [1.29, 1.82) is 0 Å². The number of halogens is 2. The second-order valence-electron chi connectivity index (χ2n) is 4.45. The number of nitrogen functional groups attached to an aromatic ring is 1. The standard InChI is InChI=1S/C13H14ClFN4O2/c1-18(2)12-9(13(20)21-3)11(16)19(17-12)10-7(14)5-4-6-8(10)15/h4-6H,16H2,1-3H3. The summed E-state index contributed by atoms with van der Waals surface area (Å²) in [5, 5.41) is 4.29. The molecule has 2 aromatic rings. The number of nitrogens with zero attached hydrogens (tertiary/aromatic N) is 3. The molecule has 0 fully saturated rings. The maximum atomic E-state index is 14.0. The number of para-hydroxylation sites is 1. The van der Waals surface area contributed by atoms with Crippen LogP contribution >= 0.6 is 11.6 Å². The smallest absolute Gasteiger partial charge is 0.345 e. The van der Waals surface area contributed by atoms with Crippen LogP contribution < -0.4 is 10.6 Å². The van der Waals surface area contributed by atoms with Crippen LogP contribution in [0.5, 0.6) is 0 Å². The van der Waals surface area contributed by atoms with Gasteiger partial charge in [0.25, 0.3) is 0 Å². The predicted molar refractivity (Wildman–Crippen MR) is 78.6 cm³/mol. The molecule has 6 nitrogen and oxygen atoms in total. The molecule has 0 saturated carbocycles. The largest absolute Gasteiger partial charge is 0.465 e. The molecule has 0 aliphatic rings. The normalized spacial score (nSPS) is 10.5. The first kappa shape index (κ1) is 15.1. The average molecular weight is 313 g/mol. The number of methoxy groups -OCH3 is 1. The molecule has 8 heteroatoms. The summed E-state index contributed by atoms with van der Waals surface area (Å²) >= 11 is 6.00. The summed E-state index contributed by atoms with van der Waals surface area (Å²) in [4.78, 5) is 13.4. The lowest BCUT2D eigenvalue weighted by Crippen LogP contribution is -2.14. The Balaban J connectivity index is 2.75. The van der Waals surface area contributed by atoms with Crippen molar-refractivity contribution in [3.63, 3.8) is 0 Å². The molecular weight excluding hydrogens is 299 g/mol. The summed E-state index contributed by atoms with van der Waals surface area (Å²) < 4.78 is 19.8. The first-order valence-corrected chi connectivity index (χ1v) is 6.34. The van der Waals surface area contributed by atoms with E-state index in [1.807, 2.05) is 0 Å². The predicted octanol–water partition coefficient (Wildman–Crippen LogP) is 2.10. The van der Waals surface area contributed by atoms with Gasteiger partial charge in [-0.1, -0.05) is 17.7 Å². The van der Waals surface area contributed by atoms with Gasteiger partial charge in [0.2, 0.25) is 0 Å². The fourth-order valence-corrected chi connectivity index (χ4v) is 2.13. The van der Waals surface area contributed by atoms with Crippen LogP contribution in [-0.2, 0) is 4.74 Å². The molecule has 0 amide bonds. The molecule has 0 unspecified atom stereocenters. The molecule has 21 heavy (non-hydrogen) atoms. The van der Waals surface area contributed by atoms with Crippen molar-refractivity contribution >= 4 is 29.2 Å². The van der Waals surface area contributed by atoms with E-state index < -0.39 is 11.8 Å². The lowest BCUT2D eigenvalue weighted by molar-refractivity contribution is 0.0602. The molecule has 1 aromatic heterocycles. The van der Waals surface area contributed by atoms with Gasteiger partial charge in [-0.15, -0.1) is 5.10 Å². The first-order chi connectivity index (χ1) is 9.88. The Morgan fingerprint density at radius 3 is 2.67 bits per heavy atom. The summed E-state index contributed by atoms with van der Waals surface area (Å²) in [5.41, 5.74) is 5.97. The minimum Gasteiger partial charge on any atom is -0.465 e. The quantitative estimate of drug-likeness (QED) is 0.879. The van der Waals surface area contributed by atoms with E-state index in [-0.39, 0.29) is 27.9 Å². The number of hydrogen-bond acceptors (Lipinski definition) is 5. The minimum atomic E-state index is -0.657. The van der Waals surface area contributed by atoms with E-state index in [9.17, 15) is 9.18 Å². The van der Waals surface area contributed by atoms with Gasteiger partial charge in [0, 0.05) is 14.1 Å². The van der Waals surface area contributed by atoms with Crippen LogP contribution in [-0.4, -0.2) is 37.0 Å². The van der Waals surface area contributed by atoms with Crippen molar-refractivity contribution in [2.75, 3.05) is 31.8 Å². The van der Waals surface area contributed by atoms with Crippen LogP contribution in [0.15, 0.2) is 18.2 Å². The summed E-state index contributed by atoms with van der Waals surface area (Å²) in [6, 6.07) is 4.21. The SMILES string of the molecule is COC(=O)c1c(N(C)C)nn(-c2c(F)cccc2Cl)c1N. The summed E-state index contributed by atoms with van der Waals surface area (Å²) in [7, 11) is 4.59. The van der Waals surface area contributed by atoms with E-state index in [1.54, 1.807) is 19.0 Å². The van der Waals surface area contributed by atoms with Crippen molar-refractivity contribution < 1.29 is 13.9 Å². The van der Waals surface area contributed by atoms with E-state index in [0.717, 1.165) is 4.68 Å². The number of ether oxygens (including phenoxy) is 1. The Hall–Kier alpha value is -2.28. The molecule has 0 saturated heterocycles. The topological polar surface area (TPSA) is 73.4 Å². The number of carbonyl (C=O) groups excluding carboxylic acids is 1. The number of carbonyl (C=O) groups is 1.